The molecular formula is C18H19ClN3OS+. The summed E-state index contributed by atoms with van der Waals surface area (Å²) < 4.78 is 1.18. The second kappa shape index (κ2) is 7.30. The number of para-hydroxylation sites is 1. The number of quaternary nitrogens is 1. The van der Waals surface area contributed by atoms with E-state index in [4.69, 9.17) is 11.6 Å². The van der Waals surface area contributed by atoms with Gasteiger partial charge in [0.25, 0.3) is 5.91 Å². The molecule has 0 saturated carbocycles. The predicted octanol–water partition coefficient (Wildman–Crippen LogP) is 2.91. The molecule has 1 amide bonds. The molecule has 1 atom stereocenters. The summed E-state index contributed by atoms with van der Waals surface area (Å²) in [4.78, 5) is 18.0. The number of rotatable bonds is 5. The van der Waals surface area contributed by atoms with Crippen molar-refractivity contribution >= 4 is 44.7 Å². The van der Waals surface area contributed by atoms with Gasteiger partial charge in [-0.2, -0.15) is 0 Å². The van der Waals surface area contributed by atoms with Gasteiger partial charge in [-0.15, -0.1) is 11.3 Å². The van der Waals surface area contributed by atoms with E-state index in [1.54, 1.807) is 11.3 Å². The fraction of sp³-hybridized carbons (Fsp3) is 0.222. The van der Waals surface area contributed by atoms with Crippen LogP contribution in [0.15, 0.2) is 42.5 Å². The highest BCUT2D eigenvalue weighted by atomic mass is 35.5. The SMILES string of the molecule is Cc1c(Cl)cccc1NC(=O)C[NH+](C)Cc1nc2ccccc2s1. The van der Waals surface area contributed by atoms with Crippen LogP contribution in [0.5, 0.6) is 0 Å². The van der Waals surface area contributed by atoms with Gasteiger partial charge in [0.2, 0.25) is 0 Å². The van der Waals surface area contributed by atoms with E-state index >= 15 is 0 Å². The quantitative estimate of drug-likeness (QED) is 0.735. The van der Waals surface area contributed by atoms with Crippen molar-refractivity contribution in [3.63, 3.8) is 0 Å². The number of benzene rings is 2. The molecule has 3 rings (SSSR count). The van der Waals surface area contributed by atoms with Gasteiger partial charge in [-0.1, -0.05) is 29.8 Å². The van der Waals surface area contributed by atoms with Crippen molar-refractivity contribution in [2.24, 2.45) is 0 Å². The predicted molar refractivity (Wildman–Crippen MR) is 99.9 cm³/mol. The summed E-state index contributed by atoms with van der Waals surface area (Å²) in [6.07, 6.45) is 0. The second-order valence-electron chi connectivity index (χ2n) is 5.85. The van der Waals surface area contributed by atoms with Crippen LogP contribution < -0.4 is 10.2 Å². The van der Waals surface area contributed by atoms with E-state index in [0.717, 1.165) is 33.2 Å². The molecule has 0 radical (unpaired) electrons. The van der Waals surface area contributed by atoms with E-state index in [1.165, 1.54) is 4.70 Å². The third-order valence-electron chi connectivity index (χ3n) is 3.80. The Hall–Kier alpha value is -1.95. The van der Waals surface area contributed by atoms with Gasteiger partial charge in [0.15, 0.2) is 6.54 Å². The average molecular weight is 361 g/mol. The van der Waals surface area contributed by atoms with Crippen LogP contribution in [0.4, 0.5) is 5.69 Å². The van der Waals surface area contributed by atoms with Crippen LogP contribution in [0.3, 0.4) is 0 Å². The number of fused-ring (bicyclic) bond motifs is 1. The first kappa shape index (κ1) is 16.9. The van der Waals surface area contributed by atoms with Crippen molar-refractivity contribution in [3.05, 3.63) is 58.1 Å². The number of amides is 1. The Morgan fingerprint density at radius 1 is 1.25 bits per heavy atom. The smallest absolute Gasteiger partial charge is 0.279 e. The highest BCUT2D eigenvalue weighted by molar-refractivity contribution is 7.18. The molecule has 24 heavy (non-hydrogen) atoms. The number of hydrogen-bond acceptors (Lipinski definition) is 3. The molecular weight excluding hydrogens is 342 g/mol. The molecule has 0 saturated heterocycles. The first-order valence-corrected chi connectivity index (χ1v) is 8.93. The zero-order valence-electron chi connectivity index (χ0n) is 13.6. The number of thiazole rings is 1. The molecule has 1 heterocycles. The number of hydrogen-bond donors (Lipinski definition) is 2. The van der Waals surface area contributed by atoms with Crippen molar-refractivity contribution in [1.29, 1.82) is 0 Å². The summed E-state index contributed by atoms with van der Waals surface area (Å²) in [5.41, 5.74) is 2.67. The topological polar surface area (TPSA) is 46.4 Å². The average Bonchev–Trinajstić information content (AvgIpc) is 2.93. The Bertz CT molecular complexity index is 845. The van der Waals surface area contributed by atoms with Gasteiger partial charge in [0, 0.05) is 10.7 Å². The first-order valence-electron chi connectivity index (χ1n) is 7.73. The van der Waals surface area contributed by atoms with E-state index in [2.05, 4.69) is 16.4 Å². The standard InChI is InChI=1S/C18H18ClN3OS/c1-12-13(19)6-5-8-14(12)20-17(23)10-22(2)11-18-21-15-7-3-4-9-16(15)24-18/h3-9H,10-11H2,1-2H3,(H,20,23)/p+1. The minimum absolute atomic E-state index is 0.0287. The number of aromatic nitrogens is 1. The van der Waals surface area contributed by atoms with Gasteiger partial charge in [-0.05, 0) is 36.8 Å². The molecule has 0 aliphatic carbocycles. The zero-order chi connectivity index (χ0) is 17.1. The van der Waals surface area contributed by atoms with Crippen LogP contribution in [-0.2, 0) is 11.3 Å². The molecule has 2 aromatic carbocycles. The molecule has 2 N–H and O–H groups in total. The van der Waals surface area contributed by atoms with E-state index in [-0.39, 0.29) is 5.91 Å². The Morgan fingerprint density at radius 3 is 2.83 bits per heavy atom. The van der Waals surface area contributed by atoms with Crippen LogP contribution in [0.2, 0.25) is 5.02 Å². The van der Waals surface area contributed by atoms with E-state index in [1.807, 2.05) is 50.4 Å². The van der Waals surface area contributed by atoms with Crippen LogP contribution in [0, 0.1) is 6.92 Å². The number of carbonyl (C=O) groups excluding carboxylic acids is 1. The molecule has 0 aliphatic rings. The van der Waals surface area contributed by atoms with Crippen LogP contribution in [0.1, 0.15) is 10.6 Å². The first-order chi connectivity index (χ1) is 11.5. The monoisotopic (exact) mass is 360 g/mol. The maximum atomic E-state index is 12.3. The van der Waals surface area contributed by atoms with Gasteiger partial charge < -0.3 is 10.2 Å². The lowest BCUT2D eigenvalue weighted by molar-refractivity contribution is -0.885. The Labute approximate surface area is 150 Å². The third kappa shape index (κ3) is 3.93. The van der Waals surface area contributed by atoms with Gasteiger partial charge in [-0.3, -0.25) is 4.79 Å². The summed E-state index contributed by atoms with van der Waals surface area (Å²) in [5, 5.41) is 4.63. The molecule has 0 aliphatic heterocycles. The summed E-state index contributed by atoms with van der Waals surface area (Å²) in [6, 6.07) is 13.6. The molecule has 124 valence electrons. The molecule has 3 aromatic rings. The lowest BCUT2D eigenvalue weighted by atomic mass is 10.2. The van der Waals surface area contributed by atoms with Crippen LogP contribution >= 0.6 is 22.9 Å². The van der Waals surface area contributed by atoms with E-state index in [9.17, 15) is 4.79 Å². The van der Waals surface area contributed by atoms with Gasteiger partial charge in [0.1, 0.15) is 11.6 Å². The number of likely N-dealkylation sites (N-methyl/N-ethyl adjacent to an activating group) is 1. The Morgan fingerprint density at radius 2 is 2.04 bits per heavy atom. The molecule has 0 fully saturated rings. The summed E-state index contributed by atoms with van der Waals surface area (Å²) in [6.45, 7) is 3.00. The molecule has 1 unspecified atom stereocenters. The molecule has 0 spiro atoms. The van der Waals surface area contributed by atoms with E-state index in [0.29, 0.717) is 11.6 Å². The molecule has 1 aromatic heterocycles. The minimum Gasteiger partial charge on any atom is -0.324 e. The number of nitrogens with zero attached hydrogens (tertiary/aromatic N) is 1. The third-order valence-corrected chi connectivity index (χ3v) is 5.24. The minimum atomic E-state index is -0.0287. The number of nitrogens with one attached hydrogen (secondary N) is 2. The maximum absolute atomic E-state index is 12.3. The summed E-state index contributed by atoms with van der Waals surface area (Å²) >= 11 is 7.77. The number of halogens is 1. The van der Waals surface area contributed by atoms with Crippen molar-refractivity contribution < 1.29 is 9.69 Å². The highest BCUT2D eigenvalue weighted by Gasteiger charge is 2.14. The lowest BCUT2D eigenvalue weighted by Crippen LogP contribution is -3.08. The van der Waals surface area contributed by atoms with E-state index < -0.39 is 0 Å². The highest BCUT2D eigenvalue weighted by Crippen LogP contribution is 2.23. The molecule has 0 bridgehead atoms. The van der Waals surface area contributed by atoms with Gasteiger partial charge in [0.05, 0.1) is 17.3 Å². The zero-order valence-corrected chi connectivity index (χ0v) is 15.2. The normalized spacial score (nSPS) is 12.3. The van der Waals surface area contributed by atoms with Crippen molar-refractivity contribution in [2.45, 2.75) is 13.5 Å². The second-order valence-corrected chi connectivity index (χ2v) is 7.37. The fourth-order valence-electron chi connectivity index (χ4n) is 2.53. The largest absolute Gasteiger partial charge is 0.324 e. The molecule has 4 nitrogen and oxygen atoms in total. The Balaban J connectivity index is 1.60. The lowest BCUT2D eigenvalue weighted by Gasteiger charge is -2.13. The maximum Gasteiger partial charge on any atom is 0.279 e. The van der Waals surface area contributed by atoms with Crippen molar-refractivity contribution in [2.75, 3.05) is 18.9 Å². The van der Waals surface area contributed by atoms with Crippen LogP contribution in [0.25, 0.3) is 10.2 Å². The fourth-order valence-corrected chi connectivity index (χ4v) is 3.78. The van der Waals surface area contributed by atoms with Gasteiger partial charge >= 0.3 is 0 Å². The van der Waals surface area contributed by atoms with Crippen molar-refractivity contribution in [3.8, 4) is 0 Å². The van der Waals surface area contributed by atoms with Gasteiger partial charge in [-0.25, -0.2) is 4.98 Å². The summed E-state index contributed by atoms with van der Waals surface area (Å²) in [5.74, 6) is -0.0287. The number of carbonyl (C=O) groups is 1. The van der Waals surface area contributed by atoms with Crippen LogP contribution in [-0.4, -0.2) is 24.5 Å². The summed E-state index contributed by atoms with van der Waals surface area (Å²) in [7, 11) is 2.00. The molecule has 6 heteroatoms. The van der Waals surface area contributed by atoms with Crippen molar-refractivity contribution in [1.82, 2.24) is 4.98 Å². The number of anilines is 1. The Kier molecular flexibility index (Phi) is 5.14.